The molecule has 0 spiro atoms. The van der Waals surface area contributed by atoms with Gasteiger partial charge >= 0.3 is 0 Å². The van der Waals surface area contributed by atoms with E-state index in [1.54, 1.807) is 13.8 Å². The molecular weight excluding hydrogens is 240 g/mol. The molecule has 0 aliphatic carbocycles. The summed E-state index contributed by atoms with van der Waals surface area (Å²) >= 11 is 0. The Morgan fingerprint density at radius 3 is 2.53 bits per heavy atom. The molecule has 0 saturated carbocycles. The zero-order valence-electron chi connectivity index (χ0n) is 12.7. The molecule has 19 heavy (non-hydrogen) atoms. The van der Waals surface area contributed by atoms with E-state index in [2.05, 4.69) is 22.2 Å². The van der Waals surface area contributed by atoms with E-state index < -0.39 is 5.60 Å². The number of anilines is 2. The fourth-order valence-corrected chi connectivity index (χ4v) is 1.84. The molecule has 0 radical (unpaired) electrons. The molecule has 0 aliphatic heterocycles. The maximum Gasteiger partial charge on any atom is 0.134 e. The first-order valence-electron chi connectivity index (χ1n) is 6.91. The average Bonchev–Trinajstić information content (AvgIpc) is 2.33. The van der Waals surface area contributed by atoms with Gasteiger partial charge in [0.15, 0.2) is 0 Å². The van der Waals surface area contributed by atoms with Gasteiger partial charge in [-0.25, -0.2) is 9.97 Å². The fourth-order valence-electron chi connectivity index (χ4n) is 1.84. The second-order valence-corrected chi connectivity index (χ2v) is 5.48. The van der Waals surface area contributed by atoms with E-state index >= 15 is 0 Å². The lowest BCUT2D eigenvalue weighted by atomic mass is 10.1. The second kappa shape index (κ2) is 6.70. The Morgan fingerprint density at radius 1 is 1.32 bits per heavy atom. The largest absolute Gasteiger partial charge is 0.389 e. The molecule has 0 unspecified atom stereocenters. The molecule has 0 saturated heterocycles. The number of aromatic nitrogens is 2. The number of aliphatic hydroxyl groups is 1. The van der Waals surface area contributed by atoms with Crippen LogP contribution in [0.25, 0.3) is 0 Å². The van der Waals surface area contributed by atoms with Gasteiger partial charge < -0.3 is 15.3 Å². The second-order valence-electron chi connectivity index (χ2n) is 5.48. The number of likely N-dealkylation sites (N-methyl/N-ethyl adjacent to an activating group) is 1. The van der Waals surface area contributed by atoms with Crippen LogP contribution in [-0.2, 0) is 6.42 Å². The number of rotatable bonds is 7. The Kier molecular flexibility index (Phi) is 5.54. The van der Waals surface area contributed by atoms with Crippen molar-refractivity contribution in [1.82, 2.24) is 9.97 Å². The van der Waals surface area contributed by atoms with Gasteiger partial charge in [-0.05, 0) is 20.3 Å². The van der Waals surface area contributed by atoms with Crippen molar-refractivity contribution in [2.45, 2.75) is 46.1 Å². The van der Waals surface area contributed by atoms with E-state index in [0.29, 0.717) is 6.54 Å². The van der Waals surface area contributed by atoms with Gasteiger partial charge in [0, 0.05) is 32.6 Å². The zero-order chi connectivity index (χ0) is 14.5. The summed E-state index contributed by atoms with van der Waals surface area (Å²) in [6.45, 7) is 9.17. The zero-order valence-corrected chi connectivity index (χ0v) is 12.7. The first kappa shape index (κ1) is 15.7. The van der Waals surface area contributed by atoms with Crippen LogP contribution in [0.3, 0.4) is 0 Å². The molecular formula is C14H26N4O. The molecule has 5 nitrogen and oxygen atoms in total. The average molecular weight is 266 g/mol. The summed E-state index contributed by atoms with van der Waals surface area (Å²) in [7, 11) is 1.93. The Balaban J connectivity index is 2.92. The number of aryl methyl sites for hydroxylation is 1. The van der Waals surface area contributed by atoms with Crippen molar-refractivity contribution in [3.05, 3.63) is 11.9 Å². The van der Waals surface area contributed by atoms with Crippen LogP contribution in [0.5, 0.6) is 0 Å². The van der Waals surface area contributed by atoms with E-state index in [-0.39, 0.29) is 0 Å². The van der Waals surface area contributed by atoms with Crippen LogP contribution in [0.1, 0.15) is 39.9 Å². The molecule has 1 heterocycles. The van der Waals surface area contributed by atoms with Crippen LogP contribution >= 0.6 is 0 Å². The van der Waals surface area contributed by atoms with Crippen molar-refractivity contribution in [3.8, 4) is 0 Å². The predicted octanol–water partition coefficient (Wildman–Crippen LogP) is 2.07. The van der Waals surface area contributed by atoms with Gasteiger partial charge in [-0.3, -0.25) is 0 Å². The summed E-state index contributed by atoms with van der Waals surface area (Å²) in [5.41, 5.74) is -0.747. The summed E-state index contributed by atoms with van der Waals surface area (Å²) in [6, 6.07) is 1.93. The van der Waals surface area contributed by atoms with Crippen molar-refractivity contribution in [2.24, 2.45) is 0 Å². The van der Waals surface area contributed by atoms with Gasteiger partial charge in [0.1, 0.15) is 17.5 Å². The normalized spacial score (nSPS) is 11.5. The standard InChI is InChI=1S/C14H26N4O/c1-6-8-15-12-9-13(17-11(7-2)16-12)18(5)10-14(3,4)19/h9,19H,6-8,10H2,1-5H3,(H,15,16,17). The van der Waals surface area contributed by atoms with Crippen LogP contribution in [-0.4, -0.2) is 40.8 Å². The van der Waals surface area contributed by atoms with Gasteiger partial charge in [0.05, 0.1) is 5.60 Å². The molecule has 0 aromatic carbocycles. The predicted molar refractivity (Wildman–Crippen MR) is 79.8 cm³/mol. The molecule has 2 N–H and O–H groups in total. The van der Waals surface area contributed by atoms with E-state index in [4.69, 9.17) is 0 Å². The molecule has 5 heteroatoms. The number of hydrogen-bond acceptors (Lipinski definition) is 5. The third kappa shape index (κ3) is 5.42. The molecule has 108 valence electrons. The highest BCUT2D eigenvalue weighted by atomic mass is 16.3. The van der Waals surface area contributed by atoms with E-state index in [1.807, 2.05) is 24.9 Å². The van der Waals surface area contributed by atoms with Gasteiger partial charge in [-0.2, -0.15) is 0 Å². The quantitative estimate of drug-likeness (QED) is 0.791. The Hall–Kier alpha value is -1.36. The minimum Gasteiger partial charge on any atom is -0.389 e. The van der Waals surface area contributed by atoms with Crippen LogP contribution in [0.2, 0.25) is 0 Å². The van der Waals surface area contributed by atoms with Crippen LogP contribution < -0.4 is 10.2 Å². The number of nitrogens with zero attached hydrogens (tertiary/aromatic N) is 3. The van der Waals surface area contributed by atoms with E-state index in [0.717, 1.165) is 36.8 Å². The lowest BCUT2D eigenvalue weighted by Crippen LogP contribution is -2.36. The minimum atomic E-state index is -0.747. The summed E-state index contributed by atoms with van der Waals surface area (Å²) < 4.78 is 0. The van der Waals surface area contributed by atoms with Crippen LogP contribution in [0, 0.1) is 0 Å². The summed E-state index contributed by atoms with van der Waals surface area (Å²) in [6.07, 6.45) is 1.85. The van der Waals surface area contributed by atoms with Crippen LogP contribution in [0.4, 0.5) is 11.6 Å². The minimum absolute atomic E-state index is 0.528. The molecule has 1 aromatic heterocycles. The van der Waals surface area contributed by atoms with E-state index in [9.17, 15) is 5.11 Å². The van der Waals surface area contributed by atoms with E-state index in [1.165, 1.54) is 0 Å². The van der Waals surface area contributed by atoms with Gasteiger partial charge in [0.25, 0.3) is 0 Å². The van der Waals surface area contributed by atoms with Gasteiger partial charge in [0.2, 0.25) is 0 Å². The van der Waals surface area contributed by atoms with Crippen molar-refractivity contribution in [2.75, 3.05) is 30.4 Å². The van der Waals surface area contributed by atoms with Crippen molar-refractivity contribution in [1.29, 1.82) is 0 Å². The van der Waals surface area contributed by atoms with Crippen molar-refractivity contribution in [3.63, 3.8) is 0 Å². The van der Waals surface area contributed by atoms with Crippen molar-refractivity contribution >= 4 is 11.6 Å². The smallest absolute Gasteiger partial charge is 0.134 e. The van der Waals surface area contributed by atoms with Gasteiger partial charge in [-0.15, -0.1) is 0 Å². The Bertz CT molecular complexity index is 401. The molecule has 0 bridgehead atoms. The molecule has 1 aromatic rings. The summed E-state index contributed by atoms with van der Waals surface area (Å²) in [5, 5.41) is 13.2. The third-order valence-corrected chi connectivity index (χ3v) is 2.65. The lowest BCUT2D eigenvalue weighted by molar-refractivity contribution is 0.0884. The first-order chi connectivity index (χ1) is 8.85. The number of hydrogen-bond donors (Lipinski definition) is 2. The fraction of sp³-hybridized carbons (Fsp3) is 0.714. The maximum absolute atomic E-state index is 9.89. The summed E-state index contributed by atoms with van der Waals surface area (Å²) in [5.74, 6) is 2.51. The SMILES string of the molecule is CCCNc1cc(N(C)CC(C)(C)O)nc(CC)n1. The summed E-state index contributed by atoms with van der Waals surface area (Å²) in [4.78, 5) is 10.9. The maximum atomic E-state index is 9.89. The van der Waals surface area contributed by atoms with Crippen molar-refractivity contribution < 1.29 is 5.11 Å². The highest BCUT2D eigenvalue weighted by Gasteiger charge is 2.17. The van der Waals surface area contributed by atoms with Crippen LogP contribution in [0.15, 0.2) is 6.07 Å². The highest BCUT2D eigenvalue weighted by Crippen LogP contribution is 2.17. The third-order valence-electron chi connectivity index (χ3n) is 2.65. The first-order valence-corrected chi connectivity index (χ1v) is 6.91. The highest BCUT2D eigenvalue weighted by molar-refractivity contribution is 5.49. The topological polar surface area (TPSA) is 61.3 Å². The number of nitrogens with one attached hydrogen (secondary N) is 1. The Morgan fingerprint density at radius 2 is 2.00 bits per heavy atom. The molecule has 0 atom stereocenters. The monoisotopic (exact) mass is 266 g/mol. The lowest BCUT2D eigenvalue weighted by Gasteiger charge is -2.26. The molecule has 0 fully saturated rings. The molecule has 0 aliphatic rings. The van der Waals surface area contributed by atoms with Gasteiger partial charge in [-0.1, -0.05) is 13.8 Å². The molecule has 0 amide bonds. The Labute approximate surface area is 116 Å². The molecule has 1 rings (SSSR count).